The van der Waals surface area contributed by atoms with Crippen molar-refractivity contribution < 1.29 is 14.3 Å². The van der Waals surface area contributed by atoms with Gasteiger partial charge in [-0.25, -0.2) is 9.97 Å². The van der Waals surface area contributed by atoms with Gasteiger partial charge in [-0.3, -0.25) is 9.59 Å². The maximum absolute atomic E-state index is 13.4. The molecule has 1 aromatic carbocycles. The molecule has 1 aliphatic heterocycles. The van der Waals surface area contributed by atoms with Crippen molar-refractivity contribution in [3.63, 3.8) is 0 Å². The van der Waals surface area contributed by atoms with Crippen molar-refractivity contribution in [2.75, 3.05) is 37.7 Å². The molecule has 3 aromatic heterocycles. The molecule has 0 saturated carbocycles. The van der Waals surface area contributed by atoms with E-state index in [9.17, 15) is 9.59 Å². The second-order valence-electron chi connectivity index (χ2n) is 8.07. The molecular weight excluding hydrogens is 448 g/mol. The molecule has 1 aliphatic rings. The number of fused-ring (bicyclic) bond motifs is 1. The fourth-order valence-corrected chi connectivity index (χ4v) is 4.17. The van der Waals surface area contributed by atoms with E-state index in [4.69, 9.17) is 10.5 Å². The molecule has 4 heterocycles. The minimum atomic E-state index is -0.561. The number of carbonyl (C=O) groups is 2. The van der Waals surface area contributed by atoms with E-state index in [-0.39, 0.29) is 12.5 Å². The van der Waals surface area contributed by atoms with E-state index in [1.54, 1.807) is 36.8 Å². The zero-order valence-corrected chi connectivity index (χ0v) is 18.9. The Bertz CT molecular complexity index is 1360. The molecule has 1 fully saturated rings. The lowest BCUT2D eigenvalue weighted by atomic mass is 10.1. The number of nitrogens with two attached hydrogens (primary N) is 1. The Labute approximate surface area is 201 Å². The number of carbonyl (C=O) groups excluding carboxylic acids is 2. The second kappa shape index (κ2) is 9.75. The molecule has 11 heteroatoms. The molecule has 4 aromatic rings. The average Bonchev–Trinajstić information content (AvgIpc) is 3.31. The molecule has 178 valence electrons. The van der Waals surface area contributed by atoms with Gasteiger partial charge < -0.3 is 20.3 Å². The number of aromatic nitrogens is 5. The Balaban J connectivity index is 1.34. The molecule has 2 N–H and O–H groups in total. The topological polar surface area (TPSA) is 132 Å². The van der Waals surface area contributed by atoms with Gasteiger partial charge in [-0.05, 0) is 30.7 Å². The number of rotatable bonds is 6. The number of primary amides is 1. The maximum atomic E-state index is 13.4. The van der Waals surface area contributed by atoms with Crippen LogP contribution in [-0.4, -0.2) is 74.5 Å². The van der Waals surface area contributed by atoms with Gasteiger partial charge in [0.25, 0.3) is 11.8 Å². The third kappa shape index (κ3) is 4.74. The molecule has 0 bridgehead atoms. The fraction of sp³-hybridized carbons (Fsp3) is 0.250. The molecule has 0 radical (unpaired) electrons. The van der Waals surface area contributed by atoms with E-state index in [0.29, 0.717) is 42.3 Å². The van der Waals surface area contributed by atoms with E-state index < -0.39 is 5.91 Å². The summed E-state index contributed by atoms with van der Waals surface area (Å²) in [6.45, 7) is 2.32. The zero-order valence-electron chi connectivity index (χ0n) is 18.9. The van der Waals surface area contributed by atoms with Gasteiger partial charge in [-0.2, -0.15) is 15.0 Å². The molecule has 0 aliphatic carbocycles. The predicted molar refractivity (Wildman–Crippen MR) is 128 cm³/mol. The summed E-state index contributed by atoms with van der Waals surface area (Å²) >= 11 is 0. The first-order valence-corrected chi connectivity index (χ1v) is 11.3. The van der Waals surface area contributed by atoms with Crippen LogP contribution in [0.4, 0.5) is 5.82 Å². The molecular formula is C24H24N8O3. The average molecular weight is 473 g/mol. The number of amides is 2. The maximum Gasteiger partial charge on any atom is 0.256 e. The van der Waals surface area contributed by atoms with Gasteiger partial charge in [0.15, 0.2) is 6.61 Å². The number of hydrogen-bond donors (Lipinski definition) is 1. The Morgan fingerprint density at radius 3 is 2.60 bits per heavy atom. The minimum Gasteiger partial charge on any atom is -0.468 e. The van der Waals surface area contributed by atoms with Crippen molar-refractivity contribution in [1.29, 1.82) is 0 Å². The quantitative estimate of drug-likeness (QED) is 0.446. The van der Waals surface area contributed by atoms with Gasteiger partial charge >= 0.3 is 0 Å². The van der Waals surface area contributed by atoms with E-state index in [1.165, 1.54) is 4.80 Å². The molecule has 35 heavy (non-hydrogen) atoms. The number of para-hydroxylation sites is 1. The molecule has 0 spiro atoms. The van der Waals surface area contributed by atoms with Crippen LogP contribution in [0.3, 0.4) is 0 Å². The van der Waals surface area contributed by atoms with Crippen molar-refractivity contribution in [2.24, 2.45) is 5.73 Å². The van der Waals surface area contributed by atoms with E-state index in [2.05, 4.69) is 25.1 Å². The molecule has 1 saturated heterocycles. The predicted octanol–water partition coefficient (Wildman–Crippen LogP) is 1.43. The Morgan fingerprint density at radius 1 is 0.943 bits per heavy atom. The summed E-state index contributed by atoms with van der Waals surface area (Å²) in [5, 5.41) is 9.23. The molecule has 5 rings (SSSR count). The summed E-state index contributed by atoms with van der Waals surface area (Å²) in [5.41, 5.74) is 7.07. The van der Waals surface area contributed by atoms with Crippen LogP contribution in [0.25, 0.3) is 16.6 Å². The number of pyridine rings is 2. The smallest absolute Gasteiger partial charge is 0.256 e. The van der Waals surface area contributed by atoms with Crippen molar-refractivity contribution in [3.8, 4) is 11.6 Å². The van der Waals surface area contributed by atoms with Gasteiger partial charge in [0.05, 0.1) is 29.2 Å². The van der Waals surface area contributed by atoms with Crippen LogP contribution in [0.2, 0.25) is 0 Å². The first-order chi connectivity index (χ1) is 17.1. The van der Waals surface area contributed by atoms with Crippen molar-refractivity contribution in [1.82, 2.24) is 29.9 Å². The van der Waals surface area contributed by atoms with E-state index in [1.807, 2.05) is 29.2 Å². The third-order valence-electron chi connectivity index (χ3n) is 5.78. The van der Waals surface area contributed by atoms with Crippen molar-refractivity contribution in [2.45, 2.75) is 6.42 Å². The lowest BCUT2D eigenvalue weighted by Crippen LogP contribution is -2.36. The lowest BCUT2D eigenvalue weighted by Gasteiger charge is -2.24. The van der Waals surface area contributed by atoms with Crippen LogP contribution in [-0.2, 0) is 4.79 Å². The molecule has 11 nitrogen and oxygen atoms in total. The Kier molecular flexibility index (Phi) is 6.20. The van der Waals surface area contributed by atoms with Crippen LogP contribution in [0, 0.1) is 0 Å². The Morgan fingerprint density at radius 2 is 1.77 bits per heavy atom. The summed E-state index contributed by atoms with van der Waals surface area (Å²) < 4.78 is 5.33. The lowest BCUT2D eigenvalue weighted by molar-refractivity contribution is -0.120. The fourth-order valence-electron chi connectivity index (χ4n) is 4.17. The molecule has 0 atom stereocenters. The monoisotopic (exact) mass is 472 g/mol. The van der Waals surface area contributed by atoms with Gasteiger partial charge in [0, 0.05) is 43.8 Å². The first-order valence-electron chi connectivity index (χ1n) is 11.3. The number of benzene rings is 1. The number of anilines is 1. The van der Waals surface area contributed by atoms with E-state index in [0.717, 1.165) is 24.2 Å². The van der Waals surface area contributed by atoms with Crippen LogP contribution >= 0.6 is 0 Å². The van der Waals surface area contributed by atoms with Crippen molar-refractivity contribution in [3.05, 3.63) is 66.6 Å². The number of ether oxygens (including phenoxy) is 1. The van der Waals surface area contributed by atoms with Gasteiger partial charge in [-0.1, -0.05) is 12.1 Å². The van der Waals surface area contributed by atoms with Gasteiger partial charge in [0.2, 0.25) is 5.88 Å². The molecule has 0 unspecified atom stereocenters. The highest BCUT2D eigenvalue weighted by Crippen LogP contribution is 2.26. The van der Waals surface area contributed by atoms with Crippen LogP contribution in [0.15, 0.2) is 61.1 Å². The number of hydrogen-bond acceptors (Lipinski definition) is 8. The highest BCUT2D eigenvalue weighted by atomic mass is 16.5. The van der Waals surface area contributed by atoms with Gasteiger partial charge in [-0.15, -0.1) is 0 Å². The van der Waals surface area contributed by atoms with Crippen LogP contribution < -0.4 is 15.4 Å². The van der Waals surface area contributed by atoms with E-state index >= 15 is 0 Å². The van der Waals surface area contributed by atoms with Crippen molar-refractivity contribution >= 4 is 28.5 Å². The highest BCUT2D eigenvalue weighted by Gasteiger charge is 2.24. The summed E-state index contributed by atoms with van der Waals surface area (Å²) in [5.74, 6) is 0.511. The second-order valence-corrected chi connectivity index (χ2v) is 8.07. The number of nitrogens with zero attached hydrogens (tertiary/aromatic N) is 7. The standard InChI is InChI=1S/C24H24N8O3/c25-21(33)16-35-22-7-6-17-19(29-22)8-9-26-23(17)30-12-3-13-31(15-14-30)24(34)18-4-1-2-5-20(18)32-27-10-11-28-32/h1-2,4-11H,3,12-16H2,(H2,25,33). The summed E-state index contributed by atoms with van der Waals surface area (Å²) in [7, 11) is 0. The van der Waals surface area contributed by atoms with Gasteiger partial charge in [0.1, 0.15) is 5.82 Å². The Hall–Kier alpha value is -4.54. The first kappa shape index (κ1) is 22.3. The summed E-state index contributed by atoms with van der Waals surface area (Å²) in [6.07, 6.45) is 5.66. The summed E-state index contributed by atoms with van der Waals surface area (Å²) in [4.78, 5) is 39.0. The van der Waals surface area contributed by atoms with Crippen LogP contribution in [0.5, 0.6) is 5.88 Å². The largest absolute Gasteiger partial charge is 0.468 e. The highest BCUT2D eigenvalue weighted by molar-refractivity contribution is 5.98. The molecule has 2 amide bonds. The third-order valence-corrected chi connectivity index (χ3v) is 5.78. The summed E-state index contributed by atoms with van der Waals surface area (Å²) in [6, 6.07) is 12.7. The normalized spacial score (nSPS) is 14.1. The zero-order chi connectivity index (χ0) is 24.2. The minimum absolute atomic E-state index is 0.0523. The SMILES string of the molecule is NC(=O)COc1ccc2c(N3CCCN(C(=O)c4ccccc4-n4nccn4)CC3)nccc2n1. The van der Waals surface area contributed by atoms with Crippen LogP contribution in [0.1, 0.15) is 16.8 Å².